The molecule has 1 heterocycles. The van der Waals surface area contributed by atoms with Gasteiger partial charge in [-0.25, -0.2) is 8.42 Å². The van der Waals surface area contributed by atoms with Crippen LogP contribution in [0.5, 0.6) is 0 Å². The van der Waals surface area contributed by atoms with Crippen LogP contribution in [0.4, 0.5) is 0 Å². The molecular formula is C19H19NO2S. The van der Waals surface area contributed by atoms with Gasteiger partial charge in [-0.3, -0.25) is 0 Å². The van der Waals surface area contributed by atoms with E-state index >= 15 is 0 Å². The minimum Gasteiger partial charge on any atom is -0.207 e. The van der Waals surface area contributed by atoms with Crippen molar-refractivity contribution in [1.82, 2.24) is 4.31 Å². The molecule has 2 aromatic carbocycles. The molecule has 0 N–H and O–H groups in total. The SMILES string of the molecule is C=CC1CN(S(=O)(=O)c2ccccc2)C/C1=C/c1ccccc1. The Hall–Kier alpha value is -2.17. The average molecular weight is 325 g/mol. The van der Waals surface area contributed by atoms with E-state index in [1.54, 1.807) is 24.3 Å². The Labute approximate surface area is 137 Å². The van der Waals surface area contributed by atoms with Crippen LogP contribution in [0.2, 0.25) is 0 Å². The molecule has 1 aliphatic heterocycles. The summed E-state index contributed by atoms with van der Waals surface area (Å²) < 4.78 is 27.0. The molecule has 1 saturated heterocycles. The van der Waals surface area contributed by atoms with Crippen molar-refractivity contribution in [3.05, 3.63) is 84.5 Å². The molecule has 0 aliphatic carbocycles. The van der Waals surface area contributed by atoms with E-state index in [4.69, 9.17) is 0 Å². The molecule has 1 unspecified atom stereocenters. The third-order valence-electron chi connectivity index (χ3n) is 4.05. The van der Waals surface area contributed by atoms with Crippen LogP contribution in [-0.2, 0) is 10.0 Å². The maximum Gasteiger partial charge on any atom is 0.243 e. The highest BCUT2D eigenvalue weighted by atomic mass is 32.2. The van der Waals surface area contributed by atoms with E-state index in [-0.39, 0.29) is 5.92 Å². The summed E-state index contributed by atoms with van der Waals surface area (Å²) in [5.41, 5.74) is 2.15. The van der Waals surface area contributed by atoms with E-state index in [1.165, 1.54) is 4.31 Å². The maximum absolute atomic E-state index is 12.8. The van der Waals surface area contributed by atoms with Crippen LogP contribution in [0.25, 0.3) is 6.08 Å². The monoisotopic (exact) mass is 325 g/mol. The Morgan fingerprint density at radius 2 is 1.61 bits per heavy atom. The Morgan fingerprint density at radius 3 is 2.22 bits per heavy atom. The van der Waals surface area contributed by atoms with Crippen LogP contribution in [0.3, 0.4) is 0 Å². The largest absolute Gasteiger partial charge is 0.243 e. The van der Waals surface area contributed by atoms with Crippen molar-refractivity contribution in [3.63, 3.8) is 0 Å². The lowest BCUT2D eigenvalue weighted by Gasteiger charge is -2.15. The molecule has 0 spiro atoms. The highest BCUT2D eigenvalue weighted by Gasteiger charge is 2.34. The van der Waals surface area contributed by atoms with Crippen LogP contribution in [0.15, 0.2) is 83.8 Å². The van der Waals surface area contributed by atoms with Gasteiger partial charge in [-0.1, -0.05) is 60.7 Å². The van der Waals surface area contributed by atoms with Gasteiger partial charge in [-0.15, -0.1) is 6.58 Å². The summed E-state index contributed by atoms with van der Waals surface area (Å²) in [6.45, 7) is 4.71. The molecule has 4 heteroatoms. The summed E-state index contributed by atoms with van der Waals surface area (Å²) in [6, 6.07) is 18.5. The molecule has 23 heavy (non-hydrogen) atoms. The van der Waals surface area contributed by atoms with Gasteiger partial charge < -0.3 is 0 Å². The van der Waals surface area contributed by atoms with Gasteiger partial charge in [0.15, 0.2) is 0 Å². The van der Waals surface area contributed by atoms with Gasteiger partial charge in [-0.05, 0) is 23.3 Å². The molecule has 0 saturated carbocycles. The Bertz CT molecular complexity index is 811. The van der Waals surface area contributed by atoms with E-state index < -0.39 is 10.0 Å². The zero-order chi connectivity index (χ0) is 16.3. The third kappa shape index (κ3) is 3.28. The first-order valence-electron chi connectivity index (χ1n) is 7.54. The second-order valence-corrected chi connectivity index (χ2v) is 7.52. The van der Waals surface area contributed by atoms with Gasteiger partial charge in [0, 0.05) is 19.0 Å². The Kier molecular flexibility index (Phi) is 4.46. The molecule has 0 amide bonds. The van der Waals surface area contributed by atoms with Crippen LogP contribution in [0, 0.1) is 5.92 Å². The lowest BCUT2D eigenvalue weighted by molar-refractivity contribution is 0.471. The van der Waals surface area contributed by atoms with Crippen molar-refractivity contribution in [2.45, 2.75) is 4.90 Å². The van der Waals surface area contributed by atoms with E-state index in [0.717, 1.165) is 11.1 Å². The molecule has 0 radical (unpaired) electrons. The van der Waals surface area contributed by atoms with Crippen molar-refractivity contribution in [1.29, 1.82) is 0 Å². The van der Waals surface area contributed by atoms with Gasteiger partial charge in [0.05, 0.1) is 4.90 Å². The lowest BCUT2D eigenvalue weighted by Crippen LogP contribution is -2.28. The third-order valence-corrected chi connectivity index (χ3v) is 5.88. The first-order chi connectivity index (χ1) is 11.1. The van der Waals surface area contributed by atoms with Gasteiger partial charge in [0.2, 0.25) is 10.0 Å². The zero-order valence-electron chi connectivity index (χ0n) is 12.8. The van der Waals surface area contributed by atoms with Crippen molar-refractivity contribution in [2.24, 2.45) is 5.92 Å². The normalized spacial score (nSPS) is 20.7. The summed E-state index contributed by atoms with van der Waals surface area (Å²) >= 11 is 0. The van der Waals surface area contributed by atoms with Gasteiger partial charge in [0.1, 0.15) is 0 Å². The fourth-order valence-corrected chi connectivity index (χ4v) is 4.26. The molecule has 1 fully saturated rings. The van der Waals surface area contributed by atoms with Crippen LogP contribution in [-0.4, -0.2) is 25.8 Å². The first kappa shape index (κ1) is 15.7. The number of benzene rings is 2. The lowest BCUT2D eigenvalue weighted by atomic mass is 10.0. The fraction of sp³-hybridized carbons (Fsp3) is 0.158. The Morgan fingerprint density at radius 1 is 1.00 bits per heavy atom. The van der Waals surface area contributed by atoms with Crippen molar-refractivity contribution >= 4 is 16.1 Å². The number of rotatable bonds is 4. The minimum absolute atomic E-state index is 0.0497. The van der Waals surface area contributed by atoms with E-state index in [2.05, 4.69) is 12.7 Å². The quantitative estimate of drug-likeness (QED) is 0.806. The highest BCUT2D eigenvalue weighted by molar-refractivity contribution is 7.89. The van der Waals surface area contributed by atoms with E-state index in [1.807, 2.05) is 42.5 Å². The van der Waals surface area contributed by atoms with Crippen molar-refractivity contribution in [3.8, 4) is 0 Å². The fourth-order valence-electron chi connectivity index (χ4n) is 2.79. The van der Waals surface area contributed by atoms with Crippen molar-refractivity contribution < 1.29 is 8.42 Å². The maximum atomic E-state index is 12.8. The van der Waals surface area contributed by atoms with E-state index in [9.17, 15) is 8.42 Å². The summed E-state index contributed by atoms with van der Waals surface area (Å²) in [6.07, 6.45) is 3.89. The molecule has 3 rings (SSSR count). The zero-order valence-corrected chi connectivity index (χ0v) is 13.6. The number of nitrogens with zero attached hydrogens (tertiary/aromatic N) is 1. The molecule has 0 bridgehead atoms. The predicted molar refractivity (Wildman–Crippen MR) is 93.3 cm³/mol. The van der Waals surface area contributed by atoms with Crippen LogP contribution >= 0.6 is 0 Å². The molecule has 1 aliphatic rings. The Balaban J connectivity index is 1.90. The molecule has 2 aromatic rings. The highest BCUT2D eigenvalue weighted by Crippen LogP contribution is 2.30. The van der Waals surface area contributed by atoms with E-state index in [0.29, 0.717) is 18.0 Å². The van der Waals surface area contributed by atoms with Gasteiger partial charge >= 0.3 is 0 Å². The predicted octanol–water partition coefficient (Wildman–Crippen LogP) is 3.58. The summed E-state index contributed by atoms with van der Waals surface area (Å²) in [5.74, 6) is 0.0497. The second kappa shape index (κ2) is 6.52. The number of sulfonamides is 1. The molecule has 3 nitrogen and oxygen atoms in total. The summed E-state index contributed by atoms with van der Waals surface area (Å²) in [4.78, 5) is 0.337. The molecular weight excluding hydrogens is 306 g/mol. The van der Waals surface area contributed by atoms with Crippen molar-refractivity contribution in [2.75, 3.05) is 13.1 Å². The second-order valence-electron chi connectivity index (χ2n) is 5.58. The minimum atomic E-state index is -3.46. The molecule has 1 atom stereocenters. The van der Waals surface area contributed by atoms with Gasteiger partial charge in [0.25, 0.3) is 0 Å². The average Bonchev–Trinajstić information content (AvgIpc) is 3.00. The number of hydrogen-bond acceptors (Lipinski definition) is 2. The number of hydrogen-bond donors (Lipinski definition) is 0. The van der Waals surface area contributed by atoms with Gasteiger partial charge in [-0.2, -0.15) is 4.31 Å². The summed E-state index contributed by atoms with van der Waals surface area (Å²) in [7, 11) is -3.46. The smallest absolute Gasteiger partial charge is 0.207 e. The topological polar surface area (TPSA) is 37.4 Å². The van der Waals surface area contributed by atoms with Crippen LogP contribution in [0.1, 0.15) is 5.56 Å². The molecule has 0 aromatic heterocycles. The summed E-state index contributed by atoms with van der Waals surface area (Å²) in [5, 5.41) is 0. The van der Waals surface area contributed by atoms with Crippen LogP contribution < -0.4 is 0 Å². The first-order valence-corrected chi connectivity index (χ1v) is 8.98. The molecule has 118 valence electrons. The standard InChI is InChI=1S/C19H19NO2S/c1-2-17-14-20(23(21,22)19-11-7-4-8-12-19)15-18(17)13-16-9-5-3-6-10-16/h2-13,17H,1,14-15H2/b18-13-.